The number of aliphatic hydroxyl groups is 1. The smallest absolute Gasteiger partial charge is 0.177 e. The Morgan fingerprint density at radius 1 is 1.16 bits per heavy atom. The molecule has 3 aromatic rings. The molecule has 130 valence electrons. The van der Waals surface area contributed by atoms with Crippen LogP contribution in [0.5, 0.6) is 0 Å². The van der Waals surface area contributed by atoms with Gasteiger partial charge in [-0.1, -0.05) is 18.2 Å². The van der Waals surface area contributed by atoms with E-state index in [-0.39, 0.29) is 18.3 Å². The van der Waals surface area contributed by atoms with Crippen LogP contribution < -0.4 is 0 Å². The lowest BCUT2D eigenvalue weighted by molar-refractivity contribution is 0.0835. The van der Waals surface area contributed by atoms with Crippen molar-refractivity contribution in [2.24, 2.45) is 0 Å². The van der Waals surface area contributed by atoms with E-state index in [1.807, 2.05) is 18.2 Å². The molecule has 2 aromatic heterocycles. The molecule has 0 amide bonds. The van der Waals surface area contributed by atoms with Crippen molar-refractivity contribution in [3.05, 3.63) is 42.0 Å². The summed E-state index contributed by atoms with van der Waals surface area (Å²) in [6, 6.07) is 8.52. The zero-order chi connectivity index (χ0) is 17.2. The second kappa shape index (κ2) is 6.85. The Hall–Kier alpha value is -2.38. The van der Waals surface area contributed by atoms with Crippen molar-refractivity contribution in [2.45, 2.75) is 25.3 Å². The number of halogens is 1. The molecule has 0 saturated carbocycles. The molecule has 0 atom stereocenters. The number of para-hydroxylation sites is 1. The average Bonchev–Trinajstić information content (AvgIpc) is 3.07. The first-order valence-electron chi connectivity index (χ1n) is 8.45. The molecule has 1 aliphatic heterocycles. The zero-order valence-corrected chi connectivity index (χ0v) is 13.7. The molecular formula is C18H19FN4O2. The summed E-state index contributed by atoms with van der Waals surface area (Å²) in [5.41, 5.74) is 0.864. The number of pyridine rings is 1. The van der Waals surface area contributed by atoms with Crippen LogP contribution in [0.2, 0.25) is 0 Å². The van der Waals surface area contributed by atoms with Gasteiger partial charge < -0.3 is 9.84 Å². The fourth-order valence-electron chi connectivity index (χ4n) is 3.16. The number of nitrogens with zero attached hydrogens (tertiary/aromatic N) is 4. The Labute approximate surface area is 144 Å². The van der Waals surface area contributed by atoms with Gasteiger partial charge in [-0.05, 0) is 25.0 Å². The number of aliphatic hydroxyl groups excluding tert-OH is 1. The van der Waals surface area contributed by atoms with Gasteiger partial charge in [0.15, 0.2) is 11.6 Å². The molecular weight excluding hydrogens is 323 g/mol. The fourth-order valence-corrected chi connectivity index (χ4v) is 3.16. The number of ether oxygens (including phenoxy) is 1. The van der Waals surface area contributed by atoms with E-state index in [2.05, 4.69) is 15.1 Å². The number of fused-ring (bicyclic) bond motifs is 1. The maximum absolute atomic E-state index is 14.1. The van der Waals surface area contributed by atoms with Gasteiger partial charge in [0, 0.05) is 24.5 Å². The monoisotopic (exact) mass is 342 g/mol. The largest absolute Gasteiger partial charge is 0.394 e. The van der Waals surface area contributed by atoms with Gasteiger partial charge in [-0.25, -0.2) is 19.0 Å². The molecule has 0 unspecified atom stereocenters. The molecule has 1 saturated heterocycles. The Morgan fingerprint density at radius 2 is 2.00 bits per heavy atom. The Kier molecular flexibility index (Phi) is 4.42. The number of hydrogen-bond acceptors (Lipinski definition) is 5. The highest BCUT2D eigenvalue weighted by Crippen LogP contribution is 2.27. The lowest BCUT2D eigenvalue weighted by Crippen LogP contribution is -2.15. The van der Waals surface area contributed by atoms with E-state index in [4.69, 9.17) is 4.74 Å². The standard InChI is InChI=1S/C18H19FN4O2/c19-14-3-1-2-12-4-5-15(20-16(12)14)18-21-17(22-23(18)8-9-24)13-6-10-25-11-7-13/h1-5,13,24H,6-11H2. The highest BCUT2D eigenvalue weighted by atomic mass is 19.1. The third kappa shape index (κ3) is 3.12. The van der Waals surface area contributed by atoms with E-state index in [0.29, 0.717) is 36.8 Å². The first-order valence-corrected chi connectivity index (χ1v) is 8.45. The lowest BCUT2D eigenvalue weighted by atomic mass is 10.00. The molecule has 4 rings (SSSR count). The van der Waals surface area contributed by atoms with Gasteiger partial charge >= 0.3 is 0 Å². The van der Waals surface area contributed by atoms with Gasteiger partial charge in [0.05, 0.1) is 13.2 Å². The van der Waals surface area contributed by atoms with E-state index in [9.17, 15) is 9.50 Å². The topological polar surface area (TPSA) is 73.1 Å². The van der Waals surface area contributed by atoms with Crippen LogP contribution in [-0.2, 0) is 11.3 Å². The van der Waals surface area contributed by atoms with Gasteiger partial charge in [-0.15, -0.1) is 0 Å². The van der Waals surface area contributed by atoms with Crippen LogP contribution in [0.25, 0.3) is 22.4 Å². The van der Waals surface area contributed by atoms with Crippen LogP contribution in [0.3, 0.4) is 0 Å². The van der Waals surface area contributed by atoms with Gasteiger partial charge in [0.1, 0.15) is 17.0 Å². The van der Waals surface area contributed by atoms with E-state index in [1.54, 1.807) is 10.7 Å². The minimum Gasteiger partial charge on any atom is -0.394 e. The van der Waals surface area contributed by atoms with Crippen LogP contribution in [0.1, 0.15) is 24.6 Å². The maximum atomic E-state index is 14.1. The van der Waals surface area contributed by atoms with Crippen molar-refractivity contribution in [3.63, 3.8) is 0 Å². The summed E-state index contributed by atoms with van der Waals surface area (Å²) in [5, 5.41) is 14.6. The average molecular weight is 342 g/mol. The van der Waals surface area contributed by atoms with Crippen molar-refractivity contribution >= 4 is 10.9 Å². The van der Waals surface area contributed by atoms with Gasteiger partial charge in [-0.3, -0.25) is 0 Å². The number of rotatable bonds is 4. The van der Waals surface area contributed by atoms with Crippen molar-refractivity contribution in [1.29, 1.82) is 0 Å². The Bertz CT molecular complexity index is 890. The van der Waals surface area contributed by atoms with Crippen LogP contribution in [-0.4, -0.2) is 44.7 Å². The predicted octanol–water partition coefficient (Wildman–Crippen LogP) is 2.52. The van der Waals surface area contributed by atoms with Crippen molar-refractivity contribution in [1.82, 2.24) is 19.7 Å². The third-order valence-corrected chi connectivity index (χ3v) is 4.49. The summed E-state index contributed by atoms with van der Waals surface area (Å²) in [5.74, 6) is 1.17. The Morgan fingerprint density at radius 3 is 2.80 bits per heavy atom. The van der Waals surface area contributed by atoms with Crippen LogP contribution in [0.4, 0.5) is 4.39 Å². The van der Waals surface area contributed by atoms with Crippen LogP contribution in [0.15, 0.2) is 30.3 Å². The van der Waals surface area contributed by atoms with E-state index < -0.39 is 0 Å². The number of benzene rings is 1. The molecule has 1 aliphatic rings. The molecule has 0 spiro atoms. The molecule has 1 aromatic carbocycles. The summed E-state index contributed by atoms with van der Waals surface area (Å²) in [6.45, 7) is 1.68. The molecule has 25 heavy (non-hydrogen) atoms. The molecule has 6 nitrogen and oxygen atoms in total. The Balaban J connectivity index is 1.77. The van der Waals surface area contributed by atoms with Gasteiger partial charge in [-0.2, -0.15) is 5.10 Å². The highest BCUT2D eigenvalue weighted by Gasteiger charge is 2.23. The summed E-state index contributed by atoms with van der Waals surface area (Å²) < 4.78 is 21.1. The van der Waals surface area contributed by atoms with Crippen molar-refractivity contribution < 1.29 is 14.2 Å². The zero-order valence-electron chi connectivity index (χ0n) is 13.7. The third-order valence-electron chi connectivity index (χ3n) is 4.49. The van der Waals surface area contributed by atoms with Crippen LogP contribution >= 0.6 is 0 Å². The van der Waals surface area contributed by atoms with Gasteiger partial charge in [0.2, 0.25) is 0 Å². The van der Waals surface area contributed by atoms with Crippen LogP contribution in [0, 0.1) is 5.82 Å². The molecule has 3 heterocycles. The summed E-state index contributed by atoms with van der Waals surface area (Å²) in [7, 11) is 0. The first kappa shape index (κ1) is 16.1. The van der Waals surface area contributed by atoms with Gasteiger partial charge in [0.25, 0.3) is 0 Å². The lowest BCUT2D eigenvalue weighted by Gasteiger charge is -2.18. The van der Waals surface area contributed by atoms with E-state index in [0.717, 1.165) is 24.1 Å². The second-order valence-electron chi connectivity index (χ2n) is 6.14. The summed E-state index contributed by atoms with van der Waals surface area (Å²) in [6.07, 6.45) is 1.75. The highest BCUT2D eigenvalue weighted by molar-refractivity contribution is 5.81. The quantitative estimate of drug-likeness (QED) is 0.789. The van der Waals surface area contributed by atoms with Crippen molar-refractivity contribution in [3.8, 4) is 11.5 Å². The summed E-state index contributed by atoms with van der Waals surface area (Å²) in [4.78, 5) is 9.10. The van der Waals surface area contributed by atoms with E-state index in [1.165, 1.54) is 6.07 Å². The molecule has 0 bridgehead atoms. The fraction of sp³-hybridized carbons (Fsp3) is 0.389. The number of aromatic nitrogens is 4. The minimum absolute atomic E-state index is 0.0501. The van der Waals surface area contributed by atoms with E-state index >= 15 is 0 Å². The molecule has 1 fully saturated rings. The summed E-state index contributed by atoms with van der Waals surface area (Å²) >= 11 is 0. The maximum Gasteiger partial charge on any atom is 0.177 e. The molecule has 7 heteroatoms. The first-order chi connectivity index (χ1) is 12.3. The SMILES string of the molecule is OCCn1nc(C2CCOCC2)nc1-c1ccc2cccc(F)c2n1. The second-order valence-corrected chi connectivity index (χ2v) is 6.14. The van der Waals surface area contributed by atoms with Crippen molar-refractivity contribution in [2.75, 3.05) is 19.8 Å². The molecule has 0 radical (unpaired) electrons. The number of hydrogen-bond donors (Lipinski definition) is 1. The molecule has 1 N–H and O–H groups in total. The normalized spacial score (nSPS) is 15.8. The minimum atomic E-state index is -0.364. The predicted molar refractivity (Wildman–Crippen MR) is 90.6 cm³/mol. The molecule has 0 aliphatic carbocycles.